The van der Waals surface area contributed by atoms with Gasteiger partial charge in [0.05, 0.1) is 11.7 Å². The predicted molar refractivity (Wildman–Crippen MR) is 76.8 cm³/mol. The quantitative estimate of drug-likeness (QED) is 0.924. The van der Waals surface area contributed by atoms with Crippen LogP contribution in [0, 0.1) is 0 Å². The molecule has 1 N–H and O–H groups in total. The second kappa shape index (κ2) is 5.46. The Morgan fingerprint density at radius 3 is 3.05 bits per heavy atom. The molecule has 0 saturated carbocycles. The van der Waals surface area contributed by atoms with E-state index in [1.165, 1.54) is 11.3 Å². The fraction of sp³-hybridized carbons (Fsp3) is 0.692. The van der Waals surface area contributed by atoms with Gasteiger partial charge in [-0.2, -0.15) is 0 Å². The summed E-state index contributed by atoms with van der Waals surface area (Å²) in [5, 5.41) is 5.73. The molecule has 2 heterocycles. The van der Waals surface area contributed by atoms with Gasteiger partial charge >= 0.3 is 0 Å². The Labute approximate surface area is 118 Å². The van der Waals surface area contributed by atoms with Gasteiger partial charge in [-0.3, -0.25) is 4.79 Å². The van der Waals surface area contributed by atoms with E-state index < -0.39 is 0 Å². The van der Waals surface area contributed by atoms with Crippen molar-refractivity contribution in [2.24, 2.45) is 0 Å². The molecule has 19 heavy (non-hydrogen) atoms. The fourth-order valence-electron chi connectivity index (χ4n) is 2.37. The number of anilines is 1. The summed E-state index contributed by atoms with van der Waals surface area (Å²) in [7, 11) is 0. The number of thiazole rings is 1. The van der Waals surface area contributed by atoms with Crippen molar-refractivity contribution in [3.8, 4) is 0 Å². The molecular formula is C13H21N3O2S. The highest BCUT2D eigenvalue weighted by molar-refractivity contribution is 7.13. The van der Waals surface area contributed by atoms with Crippen molar-refractivity contribution in [1.82, 2.24) is 9.88 Å². The van der Waals surface area contributed by atoms with Crippen molar-refractivity contribution in [3.05, 3.63) is 11.1 Å². The first-order valence-corrected chi connectivity index (χ1v) is 7.46. The molecule has 1 aromatic rings. The summed E-state index contributed by atoms with van der Waals surface area (Å²) in [5.41, 5.74) is 0.222. The van der Waals surface area contributed by atoms with Crippen LogP contribution in [0.15, 0.2) is 5.38 Å². The summed E-state index contributed by atoms with van der Waals surface area (Å²) in [5.74, 6) is -0.0105. The number of rotatable bonds is 3. The molecule has 1 aliphatic heterocycles. The van der Waals surface area contributed by atoms with E-state index in [4.69, 9.17) is 4.74 Å². The third-order valence-electron chi connectivity index (χ3n) is 2.91. The molecule has 1 amide bonds. The Balaban J connectivity index is 2.09. The maximum atomic E-state index is 12.4. The Hall–Kier alpha value is -1.14. The van der Waals surface area contributed by atoms with Crippen LogP contribution in [-0.4, -0.2) is 47.1 Å². The standard InChI is InChI=1S/C13H21N3O2S/c1-5-14-12-15-10(7-19-12)11(17)16-6-9(2)18-13(3,4)8-16/h7,9H,5-6,8H2,1-4H3,(H,14,15). The molecule has 1 atom stereocenters. The zero-order valence-electron chi connectivity index (χ0n) is 11.9. The topological polar surface area (TPSA) is 54.5 Å². The number of morpholine rings is 1. The van der Waals surface area contributed by atoms with Gasteiger partial charge in [0.1, 0.15) is 5.69 Å². The molecule has 0 aromatic carbocycles. The van der Waals surface area contributed by atoms with Crippen molar-refractivity contribution in [1.29, 1.82) is 0 Å². The van der Waals surface area contributed by atoms with Gasteiger partial charge in [0.2, 0.25) is 0 Å². The lowest BCUT2D eigenvalue weighted by atomic mass is 10.1. The van der Waals surface area contributed by atoms with E-state index in [0.29, 0.717) is 18.8 Å². The van der Waals surface area contributed by atoms with Crippen molar-refractivity contribution in [2.45, 2.75) is 39.4 Å². The molecular weight excluding hydrogens is 262 g/mol. The molecule has 1 saturated heterocycles. The first kappa shape index (κ1) is 14.3. The zero-order valence-corrected chi connectivity index (χ0v) is 12.7. The number of nitrogens with zero attached hydrogens (tertiary/aromatic N) is 2. The van der Waals surface area contributed by atoms with Gasteiger partial charge in [0, 0.05) is 25.0 Å². The maximum absolute atomic E-state index is 12.4. The molecule has 0 spiro atoms. The Morgan fingerprint density at radius 2 is 2.42 bits per heavy atom. The van der Waals surface area contributed by atoms with Gasteiger partial charge in [0.25, 0.3) is 5.91 Å². The average molecular weight is 283 g/mol. The number of aromatic nitrogens is 1. The van der Waals surface area contributed by atoms with Gasteiger partial charge in [-0.15, -0.1) is 11.3 Å². The fourth-order valence-corrected chi connectivity index (χ4v) is 3.13. The summed E-state index contributed by atoms with van der Waals surface area (Å²) in [6.45, 7) is 10.0. The SMILES string of the molecule is CCNc1nc(C(=O)N2CC(C)OC(C)(C)C2)cs1. The second-order valence-electron chi connectivity index (χ2n) is 5.44. The second-order valence-corrected chi connectivity index (χ2v) is 6.30. The third-order valence-corrected chi connectivity index (χ3v) is 3.71. The number of amides is 1. The summed E-state index contributed by atoms with van der Waals surface area (Å²) in [4.78, 5) is 18.6. The number of carbonyl (C=O) groups excluding carboxylic acids is 1. The Kier molecular flexibility index (Phi) is 4.10. The normalized spacial score (nSPS) is 22.3. The average Bonchev–Trinajstić information content (AvgIpc) is 2.74. The van der Waals surface area contributed by atoms with Gasteiger partial charge in [-0.1, -0.05) is 0 Å². The minimum absolute atomic E-state index is 0.0105. The summed E-state index contributed by atoms with van der Waals surface area (Å²) in [6, 6.07) is 0. The van der Waals surface area contributed by atoms with Crippen molar-refractivity contribution < 1.29 is 9.53 Å². The van der Waals surface area contributed by atoms with E-state index in [1.807, 2.05) is 38.0 Å². The summed E-state index contributed by atoms with van der Waals surface area (Å²) in [6.07, 6.45) is 0.0552. The highest BCUT2D eigenvalue weighted by Gasteiger charge is 2.34. The predicted octanol–water partition coefficient (Wildman–Crippen LogP) is 2.21. The van der Waals surface area contributed by atoms with Gasteiger partial charge in [-0.05, 0) is 27.7 Å². The lowest BCUT2D eigenvalue weighted by Crippen LogP contribution is -2.53. The van der Waals surface area contributed by atoms with E-state index >= 15 is 0 Å². The van der Waals surface area contributed by atoms with Crippen LogP contribution in [0.3, 0.4) is 0 Å². The van der Waals surface area contributed by atoms with Crippen molar-refractivity contribution in [2.75, 3.05) is 25.0 Å². The number of nitrogens with one attached hydrogen (secondary N) is 1. The molecule has 1 unspecified atom stereocenters. The molecule has 2 rings (SSSR count). The summed E-state index contributed by atoms with van der Waals surface area (Å²) < 4.78 is 5.81. The van der Waals surface area contributed by atoms with Crippen LogP contribution in [-0.2, 0) is 4.74 Å². The Bertz CT molecular complexity index is 458. The number of hydrogen-bond donors (Lipinski definition) is 1. The van der Waals surface area contributed by atoms with Crippen molar-refractivity contribution >= 4 is 22.4 Å². The van der Waals surface area contributed by atoms with Crippen LogP contribution in [0.4, 0.5) is 5.13 Å². The lowest BCUT2D eigenvalue weighted by molar-refractivity contribution is -0.118. The summed E-state index contributed by atoms with van der Waals surface area (Å²) >= 11 is 1.47. The Morgan fingerprint density at radius 1 is 1.68 bits per heavy atom. The lowest BCUT2D eigenvalue weighted by Gasteiger charge is -2.41. The highest BCUT2D eigenvalue weighted by atomic mass is 32.1. The molecule has 1 aromatic heterocycles. The molecule has 1 fully saturated rings. The highest BCUT2D eigenvalue weighted by Crippen LogP contribution is 2.23. The smallest absolute Gasteiger partial charge is 0.273 e. The van der Waals surface area contributed by atoms with Crippen molar-refractivity contribution in [3.63, 3.8) is 0 Å². The minimum Gasteiger partial charge on any atom is -0.369 e. The molecule has 5 nitrogen and oxygen atoms in total. The van der Waals surface area contributed by atoms with Crippen LogP contribution in [0.2, 0.25) is 0 Å². The van der Waals surface area contributed by atoms with Gasteiger partial charge in [0.15, 0.2) is 5.13 Å². The number of hydrogen-bond acceptors (Lipinski definition) is 5. The first-order chi connectivity index (χ1) is 8.91. The van der Waals surface area contributed by atoms with E-state index in [0.717, 1.165) is 11.7 Å². The van der Waals surface area contributed by atoms with E-state index in [-0.39, 0.29) is 17.6 Å². The van der Waals surface area contributed by atoms with Crippen LogP contribution >= 0.6 is 11.3 Å². The molecule has 6 heteroatoms. The minimum atomic E-state index is -0.298. The van der Waals surface area contributed by atoms with Crippen LogP contribution in [0.25, 0.3) is 0 Å². The molecule has 1 aliphatic rings. The van der Waals surface area contributed by atoms with Gasteiger partial charge < -0.3 is 15.0 Å². The van der Waals surface area contributed by atoms with E-state index in [2.05, 4.69) is 10.3 Å². The zero-order chi connectivity index (χ0) is 14.0. The first-order valence-electron chi connectivity index (χ1n) is 6.58. The third kappa shape index (κ3) is 3.45. The largest absolute Gasteiger partial charge is 0.369 e. The monoisotopic (exact) mass is 283 g/mol. The molecule has 0 aliphatic carbocycles. The molecule has 106 valence electrons. The number of ether oxygens (including phenoxy) is 1. The van der Waals surface area contributed by atoms with Gasteiger partial charge in [-0.25, -0.2) is 4.98 Å². The van der Waals surface area contributed by atoms with Crippen LogP contribution in [0.5, 0.6) is 0 Å². The maximum Gasteiger partial charge on any atom is 0.273 e. The number of carbonyl (C=O) groups is 1. The molecule has 0 radical (unpaired) electrons. The van der Waals surface area contributed by atoms with E-state index in [1.54, 1.807) is 0 Å². The van der Waals surface area contributed by atoms with E-state index in [9.17, 15) is 4.79 Å². The molecule has 0 bridgehead atoms. The van der Waals surface area contributed by atoms with Crippen LogP contribution in [0.1, 0.15) is 38.2 Å². The van der Waals surface area contributed by atoms with Crippen LogP contribution < -0.4 is 5.32 Å².